The van der Waals surface area contributed by atoms with Gasteiger partial charge in [0.1, 0.15) is 11.3 Å². The molecule has 154 valence electrons. The minimum Gasteiger partial charge on any atom is -0.452 e. The SMILES string of the molecule is O=C(COC(=O)c1ccc(Cl)cc1[N+](=O)[O-])NCCc1ccc(OC(F)F)cc1. The van der Waals surface area contributed by atoms with Crippen molar-refractivity contribution in [1.29, 1.82) is 0 Å². The van der Waals surface area contributed by atoms with Crippen LogP contribution in [-0.4, -0.2) is 36.6 Å². The van der Waals surface area contributed by atoms with Crippen LogP contribution in [-0.2, 0) is 16.0 Å². The summed E-state index contributed by atoms with van der Waals surface area (Å²) in [6.07, 6.45) is 0.400. The van der Waals surface area contributed by atoms with E-state index in [2.05, 4.69) is 10.1 Å². The summed E-state index contributed by atoms with van der Waals surface area (Å²) in [5.41, 5.74) is -0.0822. The molecule has 29 heavy (non-hydrogen) atoms. The molecule has 0 radical (unpaired) electrons. The van der Waals surface area contributed by atoms with Gasteiger partial charge in [0.05, 0.1) is 4.92 Å². The van der Waals surface area contributed by atoms with Crippen LogP contribution in [0.2, 0.25) is 5.02 Å². The van der Waals surface area contributed by atoms with Crippen LogP contribution in [0.1, 0.15) is 15.9 Å². The van der Waals surface area contributed by atoms with Gasteiger partial charge in [-0.3, -0.25) is 14.9 Å². The molecular weight excluding hydrogens is 414 g/mol. The second-order valence-corrected chi connectivity index (χ2v) is 6.05. The van der Waals surface area contributed by atoms with E-state index >= 15 is 0 Å². The zero-order chi connectivity index (χ0) is 21.4. The normalized spacial score (nSPS) is 10.5. The lowest BCUT2D eigenvalue weighted by Crippen LogP contribution is -2.30. The maximum Gasteiger partial charge on any atom is 0.387 e. The number of hydrogen-bond acceptors (Lipinski definition) is 6. The number of hydrogen-bond donors (Lipinski definition) is 1. The maximum absolute atomic E-state index is 12.1. The van der Waals surface area contributed by atoms with E-state index < -0.39 is 35.7 Å². The monoisotopic (exact) mass is 428 g/mol. The molecule has 1 amide bonds. The van der Waals surface area contributed by atoms with E-state index in [0.717, 1.165) is 17.7 Å². The predicted octanol–water partition coefficient (Wildman–Crippen LogP) is 3.37. The van der Waals surface area contributed by atoms with Crippen molar-refractivity contribution in [1.82, 2.24) is 5.32 Å². The lowest BCUT2D eigenvalue weighted by atomic mass is 10.1. The van der Waals surface area contributed by atoms with Gasteiger partial charge in [-0.2, -0.15) is 8.78 Å². The number of nitro benzene ring substituents is 1. The summed E-state index contributed by atoms with van der Waals surface area (Å²) >= 11 is 5.67. The Balaban J connectivity index is 1.79. The average molecular weight is 429 g/mol. The Kier molecular flexibility index (Phi) is 7.84. The molecule has 0 atom stereocenters. The number of esters is 1. The topological polar surface area (TPSA) is 108 Å². The van der Waals surface area contributed by atoms with Gasteiger partial charge in [0, 0.05) is 17.6 Å². The first-order chi connectivity index (χ1) is 13.8. The van der Waals surface area contributed by atoms with Crippen molar-refractivity contribution in [3.8, 4) is 5.75 Å². The Morgan fingerprint density at radius 2 is 1.86 bits per heavy atom. The molecule has 2 rings (SSSR count). The molecule has 0 aromatic heterocycles. The van der Waals surface area contributed by atoms with Gasteiger partial charge in [0.25, 0.3) is 11.6 Å². The molecular formula is C18H15ClF2N2O6. The first-order valence-electron chi connectivity index (χ1n) is 8.18. The van der Waals surface area contributed by atoms with Crippen LogP contribution >= 0.6 is 11.6 Å². The van der Waals surface area contributed by atoms with Crippen molar-refractivity contribution in [3.63, 3.8) is 0 Å². The predicted molar refractivity (Wildman–Crippen MR) is 98.2 cm³/mol. The molecule has 1 N–H and O–H groups in total. The largest absolute Gasteiger partial charge is 0.452 e. The molecule has 0 aliphatic carbocycles. The van der Waals surface area contributed by atoms with E-state index in [9.17, 15) is 28.5 Å². The molecule has 0 saturated heterocycles. The summed E-state index contributed by atoms with van der Waals surface area (Å²) in [5.74, 6) is -1.61. The Morgan fingerprint density at radius 3 is 2.48 bits per heavy atom. The second kappa shape index (κ2) is 10.3. The highest BCUT2D eigenvalue weighted by molar-refractivity contribution is 6.31. The van der Waals surface area contributed by atoms with E-state index in [1.165, 1.54) is 18.2 Å². The van der Waals surface area contributed by atoms with Gasteiger partial charge in [-0.1, -0.05) is 23.7 Å². The van der Waals surface area contributed by atoms with Gasteiger partial charge in [-0.15, -0.1) is 0 Å². The Hall–Kier alpha value is -3.27. The van der Waals surface area contributed by atoms with Gasteiger partial charge in [-0.25, -0.2) is 4.79 Å². The van der Waals surface area contributed by atoms with Crippen molar-refractivity contribution >= 4 is 29.2 Å². The molecule has 0 spiro atoms. The van der Waals surface area contributed by atoms with Crippen LogP contribution in [0.15, 0.2) is 42.5 Å². The fraction of sp³-hybridized carbons (Fsp3) is 0.222. The highest BCUT2D eigenvalue weighted by Crippen LogP contribution is 2.23. The van der Waals surface area contributed by atoms with Crippen LogP contribution in [0.5, 0.6) is 5.75 Å². The average Bonchev–Trinajstić information content (AvgIpc) is 2.67. The van der Waals surface area contributed by atoms with Crippen molar-refractivity contribution in [2.45, 2.75) is 13.0 Å². The number of nitrogens with zero attached hydrogens (tertiary/aromatic N) is 1. The Morgan fingerprint density at radius 1 is 1.17 bits per heavy atom. The molecule has 0 bridgehead atoms. The lowest BCUT2D eigenvalue weighted by Gasteiger charge is -2.08. The van der Waals surface area contributed by atoms with E-state index in [-0.39, 0.29) is 22.9 Å². The van der Waals surface area contributed by atoms with Crippen molar-refractivity contribution in [2.75, 3.05) is 13.2 Å². The van der Waals surface area contributed by atoms with Crippen LogP contribution in [0, 0.1) is 10.1 Å². The minimum absolute atomic E-state index is 0.0241. The minimum atomic E-state index is -2.91. The third-order valence-electron chi connectivity index (χ3n) is 3.60. The summed E-state index contributed by atoms with van der Waals surface area (Å²) < 4.78 is 33.2. The fourth-order valence-electron chi connectivity index (χ4n) is 2.27. The number of halogens is 3. The standard InChI is InChI=1S/C18H15ClF2N2O6/c19-12-3-6-14(15(9-12)23(26)27)17(25)28-10-16(24)22-8-7-11-1-4-13(5-2-11)29-18(20)21/h1-6,9,18H,7-8,10H2,(H,22,24). The first kappa shape index (κ1) is 22.0. The number of ether oxygens (including phenoxy) is 2. The van der Waals surface area contributed by atoms with Crippen molar-refractivity contribution in [2.24, 2.45) is 0 Å². The maximum atomic E-state index is 12.1. The summed E-state index contributed by atoms with van der Waals surface area (Å²) in [5, 5.41) is 13.6. The fourth-order valence-corrected chi connectivity index (χ4v) is 2.44. The Labute approximate surface area is 168 Å². The molecule has 2 aromatic rings. The number of amides is 1. The number of nitrogens with one attached hydrogen (secondary N) is 1. The summed E-state index contributed by atoms with van der Waals surface area (Å²) in [6.45, 7) is -3.33. The molecule has 8 nitrogen and oxygen atoms in total. The molecule has 0 heterocycles. The molecule has 0 fully saturated rings. The number of rotatable bonds is 9. The van der Waals surface area contributed by atoms with Crippen LogP contribution in [0.4, 0.5) is 14.5 Å². The van der Waals surface area contributed by atoms with Crippen molar-refractivity contribution in [3.05, 3.63) is 68.7 Å². The van der Waals surface area contributed by atoms with E-state index in [4.69, 9.17) is 16.3 Å². The van der Waals surface area contributed by atoms with E-state index in [0.29, 0.717) is 6.42 Å². The molecule has 0 aliphatic rings. The molecule has 0 unspecified atom stereocenters. The van der Waals surface area contributed by atoms with Crippen LogP contribution in [0.25, 0.3) is 0 Å². The van der Waals surface area contributed by atoms with Gasteiger partial charge >= 0.3 is 12.6 Å². The second-order valence-electron chi connectivity index (χ2n) is 5.62. The number of carbonyl (C=O) groups is 2. The van der Waals surface area contributed by atoms with Gasteiger partial charge < -0.3 is 14.8 Å². The smallest absolute Gasteiger partial charge is 0.387 e. The molecule has 0 saturated carbocycles. The van der Waals surface area contributed by atoms with Gasteiger partial charge in [0.15, 0.2) is 6.61 Å². The van der Waals surface area contributed by atoms with Crippen LogP contribution in [0.3, 0.4) is 0 Å². The molecule has 11 heteroatoms. The number of alkyl halides is 2. The number of carbonyl (C=O) groups excluding carboxylic acids is 2. The summed E-state index contributed by atoms with van der Waals surface area (Å²) in [4.78, 5) is 33.9. The van der Waals surface area contributed by atoms with Crippen LogP contribution < -0.4 is 10.1 Å². The van der Waals surface area contributed by atoms with Gasteiger partial charge in [0.2, 0.25) is 0 Å². The first-order valence-corrected chi connectivity index (χ1v) is 8.55. The van der Waals surface area contributed by atoms with Crippen molar-refractivity contribution < 1.29 is 32.8 Å². The highest BCUT2D eigenvalue weighted by atomic mass is 35.5. The molecule has 0 aliphatic heterocycles. The summed E-state index contributed by atoms with van der Waals surface area (Å²) in [6, 6.07) is 9.35. The quantitative estimate of drug-likeness (QED) is 0.373. The highest BCUT2D eigenvalue weighted by Gasteiger charge is 2.22. The number of nitro groups is 1. The Bertz CT molecular complexity index is 892. The zero-order valence-corrected chi connectivity index (χ0v) is 15.5. The van der Waals surface area contributed by atoms with Gasteiger partial charge in [-0.05, 0) is 36.2 Å². The summed E-state index contributed by atoms with van der Waals surface area (Å²) in [7, 11) is 0. The van der Waals surface area contributed by atoms with E-state index in [1.807, 2.05) is 0 Å². The molecule has 2 aromatic carbocycles. The van der Waals surface area contributed by atoms with E-state index in [1.54, 1.807) is 12.1 Å². The zero-order valence-electron chi connectivity index (χ0n) is 14.8. The third-order valence-corrected chi connectivity index (χ3v) is 3.83. The third kappa shape index (κ3) is 7.00. The lowest BCUT2D eigenvalue weighted by molar-refractivity contribution is -0.385. The number of benzene rings is 2.